The maximum absolute atomic E-state index is 12.6. The van der Waals surface area contributed by atoms with E-state index in [1.807, 2.05) is 47.4 Å². The van der Waals surface area contributed by atoms with E-state index < -0.39 is 5.97 Å². The fourth-order valence-electron chi connectivity index (χ4n) is 5.35. The Morgan fingerprint density at radius 2 is 1.79 bits per heavy atom. The zero-order chi connectivity index (χ0) is 26.5. The lowest BCUT2D eigenvalue weighted by molar-refractivity contribution is -0.136. The maximum atomic E-state index is 12.6. The third-order valence-corrected chi connectivity index (χ3v) is 8.26. The van der Waals surface area contributed by atoms with E-state index in [0.717, 1.165) is 65.6 Å². The SMILES string of the molecule is CCc1nc(Sc2ccc(CC(=O)O)cc2)ccc1CN1CCC(N2C(=O)OC[C@H]2c2ccccc2)CC1. The van der Waals surface area contributed by atoms with Crippen LogP contribution in [0.5, 0.6) is 0 Å². The highest BCUT2D eigenvalue weighted by molar-refractivity contribution is 7.99. The molecule has 0 spiro atoms. The van der Waals surface area contributed by atoms with Crippen molar-refractivity contribution in [2.24, 2.45) is 0 Å². The number of hydrogen-bond donors (Lipinski definition) is 1. The maximum Gasteiger partial charge on any atom is 0.410 e. The molecule has 2 aliphatic heterocycles. The molecule has 0 unspecified atom stereocenters. The van der Waals surface area contributed by atoms with Crippen molar-refractivity contribution in [2.45, 2.75) is 61.2 Å². The third-order valence-electron chi connectivity index (χ3n) is 7.32. The molecule has 5 rings (SSSR count). The molecule has 0 radical (unpaired) electrons. The van der Waals surface area contributed by atoms with Crippen LogP contribution in [0.3, 0.4) is 0 Å². The Bertz CT molecular complexity index is 1260. The Morgan fingerprint density at radius 1 is 1.05 bits per heavy atom. The van der Waals surface area contributed by atoms with Gasteiger partial charge in [0, 0.05) is 36.3 Å². The van der Waals surface area contributed by atoms with E-state index in [-0.39, 0.29) is 24.6 Å². The summed E-state index contributed by atoms with van der Waals surface area (Å²) in [6.45, 7) is 5.27. The van der Waals surface area contributed by atoms with Gasteiger partial charge in [-0.25, -0.2) is 9.78 Å². The number of carbonyl (C=O) groups excluding carboxylic acids is 1. The molecule has 1 amide bonds. The molecule has 3 aromatic rings. The first-order chi connectivity index (χ1) is 18.5. The van der Waals surface area contributed by atoms with Crippen molar-refractivity contribution >= 4 is 23.8 Å². The Hall–Kier alpha value is -3.36. The van der Waals surface area contributed by atoms with E-state index in [1.165, 1.54) is 5.56 Å². The minimum absolute atomic E-state index is 0.00504. The van der Waals surface area contributed by atoms with Gasteiger partial charge in [0.05, 0.1) is 12.5 Å². The van der Waals surface area contributed by atoms with E-state index in [9.17, 15) is 9.59 Å². The van der Waals surface area contributed by atoms with Crippen molar-refractivity contribution in [3.05, 3.63) is 89.1 Å². The number of pyridine rings is 1. The second-order valence-corrected chi connectivity index (χ2v) is 10.9. The number of aryl methyl sites for hydroxylation is 1. The summed E-state index contributed by atoms with van der Waals surface area (Å²) in [4.78, 5) is 33.9. The molecule has 1 aromatic heterocycles. The summed E-state index contributed by atoms with van der Waals surface area (Å²) in [5.74, 6) is -0.825. The van der Waals surface area contributed by atoms with Crippen LogP contribution < -0.4 is 0 Å². The summed E-state index contributed by atoms with van der Waals surface area (Å²) in [6.07, 6.45) is 2.55. The number of carboxylic acids is 1. The molecule has 2 aliphatic rings. The number of nitrogens with zero attached hydrogens (tertiary/aromatic N) is 3. The summed E-state index contributed by atoms with van der Waals surface area (Å²) in [5, 5.41) is 9.90. The molecule has 8 heteroatoms. The molecule has 7 nitrogen and oxygen atoms in total. The van der Waals surface area contributed by atoms with Gasteiger partial charge in [-0.2, -0.15) is 0 Å². The fourth-order valence-corrected chi connectivity index (χ4v) is 6.16. The topological polar surface area (TPSA) is 83.0 Å². The van der Waals surface area contributed by atoms with Crippen molar-refractivity contribution in [3.63, 3.8) is 0 Å². The molecule has 3 heterocycles. The van der Waals surface area contributed by atoms with E-state index in [1.54, 1.807) is 11.8 Å². The lowest BCUT2D eigenvalue weighted by Gasteiger charge is -2.38. The van der Waals surface area contributed by atoms with Crippen LogP contribution >= 0.6 is 11.8 Å². The zero-order valence-corrected chi connectivity index (χ0v) is 22.4. The van der Waals surface area contributed by atoms with Crippen LogP contribution in [-0.4, -0.2) is 57.7 Å². The van der Waals surface area contributed by atoms with E-state index >= 15 is 0 Å². The number of benzene rings is 2. The van der Waals surface area contributed by atoms with E-state index in [0.29, 0.717) is 6.61 Å². The Morgan fingerprint density at radius 3 is 2.47 bits per heavy atom. The van der Waals surface area contributed by atoms with Gasteiger partial charge in [-0.15, -0.1) is 0 Å². The van der Waals surface area contributed by atoms with Crippen molar-refractivity contribution in [3.8, 4) is 0 Å². The molecule has 1 N–H and O–H groups in total. The van der Waals surface area contributed by atoms with Crippen LogP contribution in [0.4, 0.5) is 4.79 Å². The lowest BCUT2D eigenvalue weighted by atomic mass is 9.98. The monoisotopic (exact) mass is 531 g/mol. The van der Waals surface area contributed by atoms with Gasteiger partial charge in [-0.1, -0.05) is 67.2 Å². The van der Waals surface area contributed by atoms with Crippen LogP contribution in [0.25, 0.3) is 0 Å². The number of ether oxygens (including phenoxy) is 1. The molecule has 2 saturated heterocycles. The van der Waals surface area contributed by atoms with Crippen LogP contribution in [0.2, 0.25) is 0 Å². The van der Waals surface area contributed by atoms with Gasteiger partial charge in [0.15, 0.2) is 0 Å². The van der Waals surface area contributed by atoms with Crippen LogP contribution in [0.15, 0.2) is 76.7 Å². The highest BCUT2D eigenvalue weighted by Crippen LogP contribution is 2.34. The predicted octanol–water partition coefficient (Wildman–Crippen LogP) is 5.58. The fraction of sp³-hybridized carbons (Fsp3) is 0.367. The highest BCUT2D eigenvalue weighted by atomic mass is 32.2. The average Bonchev–Trinajstić information content (AvgIpc) is 3.32. The number of cyclic esters (lactones) is 1. The summed E-state index contributed by atoms with van der Waals surface area (Å²) < 4.78 is 5.45. The zero-order valence-electron chi connectivity index (χ0n) is 21.6. The summed E-state index contributed by atoms with van der Waals surface area (Å²) in [7, 11) is 0. The van der Waals surface area contributed by atoms with Gasteiger partial charge in [-0.3, -0.25) is 14.6 Å². The van der Waals surface area contributed by atoms with Crippen LogP contribution in [0, 0.1) is 0 Å². The second kappa shape index (κ2) is 12.0. The van der Waals surface area contributed by atoms with Crippen molar-refractivity contribution < 1.29 is 19.4 Å². The number of piperidine rings is 1. The summed E-state index contributed by atoms with van der Waals surface area (Å²) >= 11 is 1.59. The minimum atomic E-state index is -0.825. The number of carbonyl (C=O) groups is 2. The molecule has 0 saturated carbocycles. The Kier molecular flexibility index (Phi) is 8.29. The van der Waals surface area contributed by atoms with E-state index in [4.69, 9.17) is 14.8 Å². The molecule has 2 aromatic carbocycles. The van der Waals surface area contributed by atoms with Crippen molar-refractivity contribution in [2.75, 3.05) is 19.7 Å². The number of aliphatic carboxylic acids is 1. The van der Waals surface area contributed by atoms with Gasteiger partial charge in [0.25, 0.3) is 0 Å². The van der Waals surface area contributed by atoms with Gasteiger partial charge in [-0.05, 0) is 54.2 Å². The molecule has 0 aliphatic carbocycles. The highest BCUT2D eigenvalue weighted by Gasteiger charge is 2.40. The molecule has 0 bridgehead atoms. The van der Waals surface area contributed by atoms with Gasteiger partial charge in [0.2, 0.25) is 0 Å². The number of rotatable bonds is 9. The lowest BCUT2D eigenvalue weighted by Crippen LogP contribution is -2.46. The molecular formula is C30H33N3O4S. The number of amides is 1. The van der Waals surface area contributed by atoms with E-state index in [2.05, 4.69) is 36.1 Å². The van der Waals surface area contributed by atoms with Crippen LogP contribution in [0.1, 0.15) is 48.2 Å². The molecule has 2 fully saturated rings. The first-order valence-corrected chi connectivity index (χ1v) is 14.0. The first-order valence-electron chi connectivity index (χ1n) is 13.2. The largest absolute Gasteiger partial charge is 0.481 e. The Balaban J connectivity index is 1.18. The number of carboxylic acid groups (broad SMARTS) is 1. The molecule has 1 atom stereocenters. The number of likely N-dealkylation sites (tertiary alicyclic amines) is 1. The Labute approximate surface area is 227 Å². The second-order valence-electron chi connectivity index (χ2n) is 9.84. The van der Waals surface area contributed by atoms with Gasteiger partial charge < -0.3 is 9.84 Å². The summed E-state index contributed by atoms with van der Waals surface area (Å²) in [5.41, 5.74) is 4.27. The van der Waals surface area contributed by atoms with Crippen molar-refractivity contribution in [1.29, 1.82) is 0 Å². The molecule has 198 valence electrons. The number of hydrogen-bond acceptors (Lipinski definition) is 6. The number of aromatic nitrogens is 1. The van der Waals surface area contributed by atoms with Crippen molar-refractivity contribution in [1.82, 2.24) is 14.8 Å². The quantitative estimate of drug-likeness (QED) is 0.386. The summed E-state index contributed by atoms with van der Waals surface area (Å²) in [6, 6.07) is 22.2. The smallest absolute Gasteiger partial charge is 0.410 e. The van der Waals surface area contributed by atoms with Crippen LogP contribution in [-0.2, 0) is 28.9 Å². The minimum Gasteiger partial charge on any atom is -0.481 e. The van der Waals surface area contributed by atoms with Gasteiger partial charge >= 0.3 is 12.1 Å². The molecule has 38 heavy (non-hydrogen) atoms. The normalized spacial score (nSPS) is 18.5. The standard InChI is InChI=1S/C30H33N3O4S/c1-2-26-23(10-13-28(31-26)38-25-11-8-21(9-12-25)18-29(34)35)19-32-16-14-24(15-17-32)33-27(20-37-30(33)36)22-6-4-3-5-7-22/h3-13,24,27H,2,14-20H2,1H3,(H,34,35)/t27-/m0/s1. The first kappa shape index (κ1) is 26.3. The molecular weight excluding hydrogens is 498 g/mol. The van der Waals surface area contributed by atoms with Gasteiger partial charge in [0.1, 0.15) is 11.6 Å². The third kappa shape index (κ3) is 6.19. The average molecular weight is 532 g/mol. The predicted molar refractivity (Wildman–Crippen MR) is 146 cm³/mol.